The third-order valence-electron chi connectivity index (χ3n) is 4.76. The summed E-state index contributed by atoms with van der Waals surface area (Å²) in [4.78, 5) is 21.6. The highest BCUT2D eigenvalue weighted by Crippen LogP contribution is 2.14. The molecule has 30 heavy (non-hydrogen) atoms. The first-order chi connectivity index (χ1) is 14.5. The van der Waals surface area contributed by atoms with Gasteiger partial charge in [-0.1, -0.05) is 30.3 Å². The molecule has 0 saturated carbocycles. The molecule has 0 spiro atoms. The van der Waals surface area contributed by atoms with Crippen molar-refractivity contribution in [2.45, 2.75) is 13.0 Å². The van der Waals surface area contributed by atoms with Crippen LogP contribution in [0.5, 0.6) is 5.75 Å². The van der Waals surface area contributed by atoms with E-state index in [1.165, 1.54) is 5.39 Å². The minimum atomic E-state index is -0.00966. The molecular formula is C23H29N5O2. The Bertz CT molecular complexity index is 959. The average molecular weight is 408 g/mol. The van der Waals surface area contributed by atoms with Crippen LogP contribution in [0.4, 0.5) is 0 Å². The van der Waals surface area contributed by atoms with E-state index in [9.17, 15) is 4.79 Å². The first kappa shape index (κ1) is 21.2. The summed E-state index contributed by atoms with van der Waals surface area (Å²) in [5.41, 5.74) is 3.35. The number of aliphatic imine (C=N–C) groups is 1. The van der Waals surface area contributed by atoms with E-state index in [1.807, 2.05) is 36.4 Å². The Morgan fingerprint density at radius 2 is 1.87 bits per heavy atom. The van der Waals surface area contributed by atoms with Crippen LogP contribution >= 0.6 is 0 Å². The third-order valence-corrected chi connectivity index (χ3v) is 4.76. The highest BCUT2D eigenvalue weighted by molar-refractivity contribution is 5.86. The summed E-state index contributed by atoms with van der Waals surface area (Å²) < 4.78 is 5.19. The van der Waals surface area contributed by atoms with Crippen molar-refractivity contribution in [1.29, 1.82) is 0 Å². The summed E-state index contributed by atoms with van der Waals surface area (Å²) >= 11 is 0. The van der Waals surface area contributed by atoms with Gasteiger partial charge in [0.05, 0.1) is 20.2 Å². The molecule has 3 aromatic rings. The van der Waals surface area contributed by atoms with E-state index >= 15 is 0 Å². The molecule has 1 aromatic heterocycles. The lowest BCUT2D eigenvalue weighted by atomic mass is 10.2. The molecule has 0 aliphatic heterocycles. The summed E-state index contributed by atoms with van der Waals surface area (Å²) in [6.07, 6.45) is 0.819. The lowest BCUT2D eigenvalue weighted by Gasteiger charge is -2.15. The SMILES string of the molecule is COc1ccc(CN=C(NCCc2cc3ccccc3[nH]2)NCC(=O)N(C)C)cc1. The number of H-pyrrole nitrogens is 1. The fourth-order valence-corrected chi connectivity index (χ4v) is 2.98. The Hall–Kier alpha value is -3.48. The molecule has 3 rings (SSSR count). The van der Waals surface area contributed by atoms with Crippen LogP contribution in [0.1, 0.15) is 11.3 Å². The number of para-hydroxylation sites is 1. The molecule has 0 atom stereocenters. The van der Waals surface area contributed by atoms with Crippen LogP contribution in [-0.4, -0.2) is 56.0 Å². The quantitative estimate of drug-likeness (QED) is 0.396. The Labute approximate surface area is 177 Å². The molecule has 1 heterocycles. The number of methoxy groups -OCH3 is 1. The van der Waals surface area contributed by atoms with Gasteiger partial charge >= 0.3 is 0 Å². The van der Waals surface area contributed by atoms with Crippen LogP contribution in [0.15, 0.2) is 59.6 Å². The fraction of sp³-hybridized carbons (Fsp3) is 0.304. The monoisotopic (exact) mass is 407 g/mol. The molecule has 0 unspecified atom stereocenters. The highest BCUT2D eigenvalue weighted by Gasteiger charge is 2.07. The summed E-state index contributed by atoms with van der Waals surface area (Å²) in [5, 5.41) is 7.65. The van der Waals surface area contributed by atoms with Gasteiger partial charge in [-0.2, -0.15) is 0 Å². The minimum Gasteiger partial charge on any atom is -0.497 e. The molecule has 7 nitrogen and oxygen atoms in total. The average Bonchev–Trinajstić information content (AvgIpc) is 3.18. The van der Waals surface area contributed by atoms with Crippen LogP contribution < -0.4 is 15.4 Å². The van der Waals surface area contributed by atoms with Crippen molar-refractivity contribution in [3.05, 3.63) is 65.9 Å². The standard InChI is InChI=1S/C23H29N5O2/c1-28(2)22(29)16-26-23(25-15-17-8-10-20(30-3)11-9-17)24-13-12-19-14-18-6-4-5-7-21(18)27-19/h4-11,14,27H,12-13,15-16H2,1-3H3,(H2,24,25,26). The third kappa shape index (κ3) is 6.01. The van der Waals surface area contributed by atoms with Crippen molar-refractivity contribution in [2.24, 2.45) is 4.99 Å². The number of nitrogens with one attached hydrogen (secondary N) is 3. The van der Waals surface area contributed by atoms with Crippen molar-refractivity contribution >= 4 is 22.8 Å². The van der Waals surface area contributed by atoms with Gasteiger partial charge in [-0.25, -0.2) is 4.99 Å². The molecule has 0 aliphatic carbocycles. The first-order valence-corrected chi connectivity index (χ1v) is 9.97. The van der Waals surface area contributed by atoms with Gasteiger partial charge in [-0.3, -0.25) is 4.79 Å². The van der Waals surface area contributed by atoms with E-state index in [2.05, 4.69) is 38.8 Å². The van der Waals surface area contributed by atoms with Crippen LogP contribution in [0.2, 0.25) is 0 Å². The van der Waals surface area contributed by atoms with Gasteiger partial charge < -0.3 is 25.3 Å². The second kappa shape index (κ2) is 10.3. The molecule has 3 N–H and O–H groups in total. The molecule has 0 saturated heterocycles. The number of carbonyl (C=O) groups is 1. The Morgan fingerprint density at radius 1 is 1.10 bits per heavy atom. The van der Waals surface area contributed by atoms with Crippen LogP contribution in [0.25, 0.3) is 10.9 Å². The van der Waals surface area contributed by atoms with Gasteiger partial charge in [0.2, 0.25) is 5.91 Å². The number of benzene rings is 2. The molecular weight excluding hydrogens is 378 g/mol. The van der Waals surface area contributed by atoms with Crippen LogP contribution in [0, 0.1) is 0 Å². The first-order valence-electron chi connectivity index (χ1n) is 9.97. The number of aromatic nitrogens is 1. The number of nitrogens with zero attached hydrogens (tertiary/aromatic N) is 2. The van der Waals surface area contributed by atoms with E-state index in [0.717, 1.165) is 28.9 Å². The summed E-state index contributed by atoms with van der Waals surface area (Å²) in [7, 11) is 5.12. The van der Waals surface area contributed by atoms with Crippen LogP contribution in [0.3, 0.4) is 0 Å². The number of rotatable bonds is 8. The Kier molecular flexibility index (Phi) is 7.32. The highest BCUT2D eigenvalue weighted by atomic mass is 16.5. The van der Waals surface area contributed by atoms with E-state index in [1.54, 1.807) is 26.1 Å². The van der Waals surface area contributed by atoms with Crippen molar-refractivity contribution in [2.75, 3.05) is 34.3 Å². The van der Waals surface area contributed by atoms with E-state index in [-0.39, 0.29) is 12.5 Å². The Balaban J connectivity index is 1.60. The van der Waals surface area contributed by atoms with Gasteiger partial charge in [0.1, 0.15) is 5.75 Å². The number of guanidine groups is 1. The number of likely N-dealkylation sites (N-methyl/N-ethyl adjacent to an activating group) is 1. The smallest absolute Gasteiger partial charge is 0.241 e. The number of amides is 1. The zero-order valence-corrected chi connectivity index (χ0v) is 17.7. The number of hydrogen-bond acceptors (Lipinski definition) is 3. The molecule has 0 aliphatic rings. The predicted octanol–water partition coefficient (Wildman–Crippen LogP) is 2.54. The van der Waals surface area contributed by atoms with Crippen LogP contribution in [-0.2, 0) is 17.8 Å². The van der Waals surface area contributed by atoms with Gasteiger partial charge in [0, 0.05) is 38.3 Å². The molecule has 0 bridgehead atoms. The molecule has 2 aromatic carbocycles. The molecule has 0 fully saturated rings. The fourth-order valence-electron chi connectivity index (χ4n) is 2.98. The topological polar surface area (TPSA) is 81.7 Å². The maximum Gasteiger partial charge on any atom is 0.241 e. The Morgan fingerprint density at radius 3 is 2.57 bits per heavy atom. The molecule has 158 valence electrons. The largest absolute Gasteiger partial charge is 0.497 e. The summed E-state index contributed by atoms with van der Waals surface area (Å²) in [6, 6.07) is 18.2. The molecule has 0 radical (unpaired) electrons. The van der Waals surface area contributed by atoms with Gasteiger partial charge in [0.15, 0.2) is 5.96 Å². The van der Waals surface area contributed by atoms with Crippen molar-refractivity contribution in [3.8, 4) is 5.75 Å². The number of aromatic amines is 1. The second-order valence-electron chi connectivity index (χ2n) is 7.21. The normalized spacial score (nSPS) is 11.4. The van der Waals surface area contributed by atoms with Crippen molar-refractivity contribution in [1.82, 2.24) is 20.5 Å². The van der Waals surface area contributed by atoms with Crippen molar-refractivity contribution < 1.29 is 9.53 Å². The molecule has 1 amide bonds. The zero-order valence-electron chi connectivity index (χ0n) is 17.7. The van der Waals surface area contributed by atoms with Gasteiger partial charge in [-0.15, -0.1) is 0 Å². The number of fused-ring (bicyclic) bond motifs is 1. The maximum atomic E-state index is 11.9. The summed E-state index contributed by atoms with van der Waals surface area (Å²) in [6.45, 7) is 1.38. The zero-order chi connectivity index (χ0) is 21.3. The van der Waals surface area contributed by atoms with Crippen molar-refractivity contribution in [3.63, 3.8) is 0 Å². The molecule has 7 heteroatoms. The van der Waals surface area contributed by atoms with E-state index in [4.69, 9.17) is 4.74 Å². The number of carbonyl (C=O) groups excluding carboxylic acids is 1. The number of ether oxygens (including phenoxy) is 1. The lowest BCUT2D eigenvalue weighted by molar-refractivity contribution is -0.127. The number of hydrogen-bond donors (Lipinski definition) is 3. The van der Waals surface area contributed by atoms with E-state index < -0.39 is 0 Å². The minimum absolute atomic E-state index is 0.00966. The lowest BCUT2D eigenvalue weighted by Crippen LogP contribution is -2.43. The second-order valence-corrected chi connectivity index (χ2v) is 7.21. The maximum absolute atomic E-state index is 11.9. The predicted molar refractivity (Wildman–Crippen MR) is 121 cm³/mol. The van der Waals surface area contributed by atoms with Gasteiger partial charge in [0.25, 0.3) is 0 Å². The summed E-state index contributed by atoms with van der Waals surface area (Å²) in [5.74, 6) is 1.41. The van der Waals surface area contributed by atoms with Gasteiger partial charge in [-0.05, 0) is 35.2 Å². The van der Waals surface area contributed by atoms with E-state index in [0.29, 0.717) is 19.0 Å².